The van der Waals surface area contributed by atoms with E-state index in [0.29, 0.717) is 13.1 Å². The van der Waals surface area contributed by atoms with E-state index in [4.69, 9.17) is 5.73 Å². The highest BCUT2D eigenvalue weighted by molar-refractivity contribution is 7.87. The fourth-order valence-corrected chi connectivity index (χ4v) is 2.70. The predicted octanol–water partition coefficient (Wildman–Crippen LogP) is -1.19. The maximum Gasteiger partial charge on any atom is 0.279 e. The van der Waals surface area contributed by atoms with Crippen LogP contribution in [0.3, 0.4) is 0 Å². The van der Waals surface area contributed by atoms with Gasteiger partial charge in [-0.3, -0.25) is 0 Å². The molecule has 0 saturated carbocycles. The zero-order chi connectivity index (χ0) is 12.0. The number of hydrogen-bond donors (Lipinski definition) is 2. The molecule has 1 aliphatic rings. The number of nitrogens with two attached hydrogens (primary N) is 1. The molecule has 0 aromatic carbocycles. The molecule has 0 bridgehead atoms. The molecule has 3 N–H and O–H groups in total. The first kappa shape index (κ1) is 13.9. The molecule has 0 radical (unpaired) electrons. The summed E-state index contributed by atoms with van der Waals surface area (Å²) in [5.74, 6) is 0. The molecule has 0 aromatic rings. The van der Waals surface area contributed by atoms with Gasteiger partial charge in [0.05, 0.1) is 0 Å². The van der Waals surface area contributed by atoms with Crippen LogP contribution in [-0.2, 0) is 10.2 Å². The predicted molar refractivity (Wildman–Crippen MR) is 64.3 cm³/mol. The van der Waals surface area contributed by atoms with Crippen LogP contribution in [0.1, 0.15) is 12.8 Å². The quantitative estimate of drug-likeness (QED) is 0.581. The lowest BCUT2D eigenvalue weighted by atomic mass is 10.2. The van der Waals surface area contributed by atoms with E-state index in [0.717, 1.165) is 39.0 Å². The third-order valence-electron chi connectivity index (χ3n) is 2.86. The zero-order valence-corrected chi connectivity index (χ0v) is 10.7. The molecule has 0 aromatic heterocycles. The van der Waals surface area contributed by atoms with Crippen LogP contribution in [0, 0.1) is 0 Å². The van der Waals surface area contributed by atoms with E-state index >= 15 is 0 Å². The highest BCUT2D eigenvalue weighted by atomic mass is 32.2. The van der Waals surface area contributed by atoms with Crippen LogP contribution < -0.4 is 10.5 Å². The summed E-state index contributed by atoms with van der Waals surface area (Å²) in [7, 11) is -1.79. The monoisotopic (exact) mass is 250 g/mol. The molecule has 0 unspecified atom stereocenters. The Bertz CT molecular complexity index is 286. The van der Waals surface area contributed by atoms with Crippen LogP contribution >= 0.6 is 0 Å². The average Bonchev–Trinajstić information content (AvgIpc) is 2.30. The van der Waals surface area contributed by atoms with Crippen LogP contribution in [-0.4, -0.2) is 63.9 Å². The lowest BCUT2D eigenvalue weighted by Gasteiger charge is -2.33. The fraction of sp³-hybridized carbons (Fsp3) is 1.00. The molecule has 16 heavy (non-hydrogen) atoms. The SMILES string of the molecule is CNS(=O)(=O)N1CCN(CCCCN)CC1. The van der Waals surface area contributed by atoms with E-state index in [-0.39, 0.29) is 0 Å². The lowest BCUT2D eigenvalue weighted by Crippen LogP contribution is -2.51. The maximum absolute atomic E-state index is 11.5. The van der Waals surface area contributed by atoms with Crippen molar-refractivity contribution in [1.82, 2.24) is 13.9 Å². The summed E-state index contributed by atoms with van der Waals surface area (Å²) in [6.45, 7) is 4.52. The molecule has 1 aliphatic heterocycles. The normalized spacial score (nSPS) is 20.1. The van der Waals surface area contributed by atoms with Gasteiger partial charge in [-0.15, -0.1) is 0 Å². The molecule has 0 atom stereocenters. The molecule has 0 spiro atoms. The molecule has 1 rings (SSSR count). The minimum absolute atomic E-state index is 0.575. The first-order valence-corrected chi connectivity index (χ1v) is 7.15. The Hall–Kier alpha value is -0.210. The second-order valence-corrected chi connectivity index (χ2v) is 5.82. The average molecular weight is 250 g/mol. The fourth-order valence-electron chi connectivity index (χ4n) is 1.80. The first-order chi connectivity index (χ1) is 7.60. The van der Waals surface area contributed by atoms with Crippen molar-refractivity contribution >= 4 is 10.2 Å². The molecule has 1 saturated heterocycles. The highest BCUT2D eigenvalue weighted by Crippen LogP contribution is 2.06. The lowest BCUT2D eigenvalue weighted by molar-refractivity contribution is 0.185. The van der Waals surface area contributed by atoms with Gasteiger partial charge in [-0.25, -0.2) is 4.72 Å². The summed E-state index contributed by atoms with van der Waals surface area (Å²) in [5, 5.41) is 0. The van der Waals surface area contributed by atoms with Crippen LogP contribution in [0.2, 0.25) is 0 Å². The molecule has 7 heteroatoms. The largest absolute Gasteiger partial charge is 0.330 e. The number of piperazine rings is 1. The molecule has 1 fully saturated rings. The molecular weight excluding hydrogens is 228 g/mol. The topological polar surface area (TPSA) is 78.7 Å². The van der Waals surface area contributed by atoms with Gasteiger partial charge < -0.3 is 10.6 Å². The Morgan fingerprint density at radius 3 is 2.31 bits per heavy atom. The van der Waals surface area contributed by atoms with E-state index in [1.54, 1.807) is 0 Å². The molecule has 6 nitrogen and oxygen atoms in total. The van der Waals surface area contributed by atoms with Crippen molar-refractivity contribution in [2.45, 2.75) is 12.8 Å². The summed E-state index contributed by atoms with van der Waals surface area (Å²) < 4.78 is 26.8. The molecule has 0 amide bonds. The third kappa shape index (κ3) is 3.99. The summed E-state index contributed by atoms with van der Waals surface area (Å²) in [6.07, 6.45) is 2.13. The van der Waals surface area contributed by atoms with Crippen molar-refractivity contribution in [2.24, 2.45) is 5.73 Å². The van der Waals surface area contributed by atoms with Gasteiger partial charge in [0.15, 0.2) is 0 Å². The van der Waals surface area contributed by atoms with E-state index in [1.807, 2.05) is 0 Å². The Morgan fingerprint density at radius 1 is 1.19 bits per heavy atom. The standard InChI is InChI=1S/C9H22N4O2S/c1-11-16(14,15)13-8-6-12(7-9-13)5-3-2-4-10/h11H,2-10H2,1H3. The summed E-state index contributed by atoms with van der Waals surface area (Å²) in [4.78, 5) is 2.29. The number of nitrogens with one attached hydrogen (secondary N) is 1. The Morgan fingerprint density at radius 2 is 1.81 bits per heavy atom. The number of rotatable bonds is 6. The molecule has 1 heterocycles. The maximum atomic E-state index is 11.5. The molecule has 0 aliphatic carbocycles. The molecule has 96 valence electrons. The van der Waals surface area contributed by atoms with E-state index < -0.39 is 10.2 Å². The summed E-state index contributed by atoms with van der Waals surface area (Å²) in [6, 6.07) is 0. The van der Waals surface area contributed by atoms with Crippen molar-refractivity contribution in [1.29, 1.82) is 0 Å². The van der Waals surface area contributed by atoms with E-state index in [1.165, 1.54) is 11.4 Å². The summed E-state index contributed by atoms with van der Waals surface area (Å²) in [5.41, 5.74) is 5.43. The van der Waals surface area contributed by atoms with Crippen LogP contribution in [0.25, 0.3) is 0 Å². The van der Waals surface area contributed by atoms with Gasteiger partial charge in [-0.05, 0) is 25.9 Å². The minimum Gasteiger partial charge on any atom is -0.330 e. The van der Waals surface area contributed by atoms with Gasteiger partial charge in [0.2, 0.25) is 0 Å². The van der Waals surface area contributed by atoms with Gasteiger partial charge in [-0.1, -0.05) is 0 Å². The van der Waals surface area contributed by atoms with Crippen LogP contribution in [0.5, 0.6) is 0 Å². The molecular formula is C9H22N4O2S. The number of hydrogen-bond acceptors (Lipinski definition) is 4. The van der Waals surface area contributed by atoms with Gasteiger partial charge >= 0.3 is 0 Å². The first-order valence-electron chi connectivity index (χ1n) is 5.71. The Kier molecular flexibility index (Phi) is 5.63. The second kappa shape index (κ2) is 6.51. The van der Waals surface area contributed by atoms with Gasteiger partial charge in [0.1, 0.15) is 0 Å². The Balaban J connectivity index is 2.29. The van der Waals surface area contributed by atoms with Gasteiger partial charge in [-0.2, -0.15) is 12.7 Å². The second-order valence-electron chi connectivity index (χ2n) is 3.95. The highest BCUT2D eigenvalue weighted by Gasteiger charge is 2.24. The zero-order valence-electron chi connectivity index (χ0n) is 9.85. The van der Waals surface area contributed by atoms with Crippen molar-refractivity contribution in [3.63, 3.8) is 0 Å². The van der Waals surface area contributed by atoms with Crippen molar-refractivity contribution in [3.8, 4) is 0 Å². The van der Waals surface area contributed by atoms with Crippen molar-refractivity contribution < 1.29 is 8.42 Å². The van der Waals surface area contributed by atoms with E-state index in [9.17, 15) is 8.42 Å². The van der Waals surface area contributed by atoms with Gasteiger partial charge in [0.25, 0.3) is 10.2 Å². The van der Waals surface area contributed by atoms with Crippen LogP contribution in [0.4, 0.5) is 0 Å². The van der Waals surface area contributed by atoms with Crippen molar-refractivity contribution in [2.75, 3.05) is 46.3 Å². The third-order valence-corrected chi connectivity index (χ3v) is 4.42. The van der Waals surface area contributed by atoms with Gasteiger partial charge in [0, 0.05) is 33.2 Å². The Labute approximate surface area is 98.0 Å². The minimum atomic E-state index is -3.23. The van der Waals surface area contributed by atoms with Crippen LogP contribution in [0.15, 0.2) is 0 Å². The number of nitrogens with zero attached hydrogens (tertiary/aromatic N) is 2. The van der Waals surface area contributed by atoms with E-state index in [2.05, 4.69) is 9.62 Å². The number of unbranched alkanes of at least 4 members (excludes halogenated alkanes) is 1. The van der Waals surface area contributed by atoms with Crippen molar-refractivity contribution in [3.05, 3.63) is 0 Å². The summed E-state index contributed by atoms with van der Waals surface area (Å²) >= 11 is 0. The smallest absolute Gasteiger partial charge is 0.279 e.